The van der Waals surface area contributed by atoms with Crippen molar-refractivity contribution in [3.8, 4) is 5.75 Å². The summed E-state index contributed by atoms with van der Waals surface area (Å²) < 4.78 is 5.39. The summed E-state index contributed by atoms with van der Waals surface area (Å²) in [4.78, 5) is 25.2. The van der Waals surface area contributed by atoms with E-state index < -0.39 is 6.04 Å². The number of nitrogens with two attached hydrogens (primary N) is 1. The molecule has 0 radical (unpaired) electrons. The van der Waals surface area contributed by atoms with Crippen molar-refractivity contribution < 1.29 is 14.3 Å². The Morgan fingerprint density at radius 2 is 1.74 bits per heavy atom. The van der Waals surface area contributed by atoms with Crippen molar-refractivity contribution in [1.29, 1.82) is 0 Å². The summed E-state index contributed by atoms with van der Waals surface area (Å²) in [5.41, 5.74) is 6.43. The third-order valence-corrected chi connectivity index (χ3v) is 4.78. The minimum atomic E-state index is -0.565. The molecule has 0 aromatic heterocycles. The lowest BCUT2D eigenvalue weighted by molar-refractivity contribution is -0.124. The maximum absolute atomic E-state index is 12.7. The summed E-state index contributed by atoms with van der Waals surface area (Å²) in [6.45, 7) is 6.35. The van der Waals surface area contributed by atoms with Gasteiger partial charge in [-0.1, -0.05) is 13.8 Å². The molecule has 27 heavy (non-hydrogen) atoms. The van der Waals surface area contributed by atoms with Gasteiger partial charge in [0, 0.05) is 17.6 Å². The summed E-state index contributed by atoms with van der Waals surface area (Å²) >= 11 is 0. The molecule has 7 heteroatoms. The molecule has 0 bridgehead atoms. The number of hydrogen-bond acceptors (Lipinski definition) is 4. The fourth-order valence-corrected chi connectivity index (χ4v) is 3.18. The number of amides is 2. The number of ether oxygens (including phenoxy) is 1. The Hall–Kier alpha value is -1.79. The SMILES string of the molecule is CCOc1ccc(C(=O)NC(C(=O)NC2CCC(N)CC2)C(C)C)cc1.Cl. The van der Waals surface area contributed by atoms with Gasteiger partial charge < -0.3 is 21.1 Å². The van der Waals surface area contributed by atoms with Crippen LogP contribution < -0.4 is 21.1 Å². The van der Waals surface area contributed by atoms with Crippen LogP contribution >= 0.6 is 12.4 Å². The molecule has 6 nitrogen and oxygen atoms in total. The van der Waals surface area contributed by atoms with Crippen LogP contribution in [0.15, 0.2) is 24.3 Å². The van der Waals surface area contributed by atoms with Crippen molar-refractivity contribution in [1.82, 2.24) is 10.6 Å². The Morgan fingerprint density at radius 3 is 2.26 bits per heavy atom. The fourth-order valence-electron chi connectivity index (χ4n) is 3.18. The van der Waals surface area contributed by atoms with Gasteiger partial charge in [0.05, 0.1) is 6.61 Å². The molecule has 1 atom stereocenters. The summed E-state index contributed by atoms with van der Waals surface area (Å²) in [6, 6.07) is 6.75. The Balaban J connectivity index is 0.00000364. The predicted octanol–water partition coefficient (Wildman–Crippen LogP) is 2.65. The number of nitrogens with one attached hydrogen (secondary N) is 2. The van der Waals surface area contributed by atoms with Crippen molar-refractivity contribution in [2.45, 2.75) is 64.6 Å². The van der Waals surface area contributed by atoms with Crippen molar-refractivity contribution >= 4 is 24.2 Å². The highest BCUT2D eigenvalue weighted by molar-refractivity contribution is 5.97. The van der Waals surface area contributed by atoms with E-state index in [1.54, 1.807) is 24.3 Å². The van der Waals surface area contributed by atoms with Crippen LogP contribution in [0.2, 0.25) is 0 Å². The molecule has 1 aromatic rings. The number of halogens is 1. The van der Waals surface area contributed by atoms with Crippen LogP contribution in [0.25, 0.3) is 0 Å². The van der Waals surface area contributed by atoms with E-state index in [9.17, 15) is 9.59 Å². The zero-order valence-electron chi connectivity index (χ0n) is 16.4. The fraction of sp³-hybridized carbons (Fsp3) is 0.600. The highest BCUT2D eigenvalue weighted by Crippen LogP contribution is 2.18. The number of hydrogen-bond donors (Lipinski definition) is 3. The molecular weight excluding hydrogens is 366 g/mol. The van der Waals surface area contributed by atoms with Gasteiger partial charge in [-0.2, -0.15) is 0 Å². The van der Waals surface area contributed by atoms with Gasteiger partial charge in [-0.3, -0.25) is 9.59 Å². The van der Waals surface area contributed by atoms with Crippen LogP contribution in [0.4, 0.5) is 0 Å². The van der Waals surface area contributed by atoms with Gasteiger partial charge in [-0.05, 0) is 62.8 Å². The Kier molecular flexibility index (Phi) is 9.60. The van der Waals surface area contributed by atoms with Crippen molar-refractivity contribution in [2.24, 2.45) is 11.7 Å². The third kappa shape index (κ3) is 7.03. The quantitative estimate of drug-likeness (QED) is 0.659. The molecule has 152 valence electrons. The standard InChI is InChI=1S/C20H31N3O3.ClH/c1-4-26-17-11-5-14(6-12-17)19(24)23-18(13(2)3)20(25)22-16-9-7-15(21)8-10-16;/h5-6,11-13,15-16,18H,4,7-10,21H2,1-3H3,(H,22,25)(H,23,24);1H. The Morgan fingerprint density at radius 1 is 1.15 bits per heavy atom. The molecule has 1 unspecified atom stereocenters. The average Bonchev–Trinajstić information content (AvgIpc) is 2.62. The number of carbonyl (C=O) groups excluding carboxylic acids is 2. The first-order valence-electron chi connectivity index (χ1n) is 9.50. The monoisotopic (exact) mass is 397 g/mol. The summed E-state index contributed by atoms with van der Waals surface area (Å²) in [6.07, 6.45) is 3.64. The smallest absolute Gasteiger partial charge is 0.251 e. The highest BCUT2D eigenvalue weighted by Gasteiger charge is 2.28. The van der Waals surface area contributed by atoms with E-state index in [2.05, 4.69) is 10.6 Å². The van der Waals surface area contributed by atoms with E-state index in [-0.39, 0.29) is 42.2 Å². The van der Waals surface area contributed by atoms with Crippen molar-refractivity contribution in [2.75, 3.05) is 6.61 Å². The van der Waals surface area contributed by atoms with E-state index in [1.165, 1.54) is 0 Å². The second-order valence-corrected chi connectivity index (χ2v) is 7.27. The van der Waals surface area contributed by atoms with E-state index >= 15 is 0 Å². The maximum atomic E-state index is 12.7. The predicted molar refractivity (Wildman–Crippen MR) is 109 cm³/mol. The summed E-state index contributed by atoms with van der Waals surface area (Å²) in [5.74, 6) is 0.331. The van der Waals surface area contributed by atoms with Crippen LogP contribution in [0, 0.1) is 5.92 Å². The minimum Gasteiger partial charge on any atom is -0.494 e. The second kappa shape index (κ2) is 11.1. The molecule has 1 aromatic carbocycles. The minimum absolute atomic E-state index is 0. The first kappa shape index (κ1) is 23.2. The number of rotatable bonds is 7. The van der Waals surface area contributed by atoms with Gasteiger partial charge in [0.1, 0.15) is 11.8 Å². The molecule has 2 amide bonds. The summed E-state index contributed by atoms with van der Waals surface area (Å²) in [5, 5.41) is 5.94. The summed E-state index contributed by atoms with van der Waals surface area (Å²) in [7, 11) is 0. The van der Waals surface area contributed by atoms with Gasteiger partial charge >= 0.3 is 0 Å². The number of benzene rings is 1. The molecule has 1 aliphatic carbocycles. The van der Waals surface area contributed by atoms with Crippen molar-refractivity contribution in [3.05, 3.63) is 29.8 Å². The normalized spacial score (nSPS) is 20.3. The average molecular weight is 398 g/mol. The van der Waals surface area contributed by atoms with E-state index in [0.717, 1.165) is 31.4 Å². The van der Waals surface area contributed by atoms with Crippen molar-refractivity contribution in [3.63, 3.8) is 0 Å². The molecule has 0 saturated heterocycles. The first-order chi connectivity index (χ1) is 12.4. The number of carbonyl (C=O) groups is 2. The van der Waals surface area contributed by atoms with E-state index in [0.29, 0.717) is 12.2 Å². The maximum Gasteiger partial charge on any atom is 0.251 e. The topological polar surface area (TPSA) is 93.4 Å². The van der Waals surface area contributed by atoms with Gasteiger partial charge in [0.25, 0.3) is 5.91 Å². The van der Waals surface area contributed by atoms with Gasteiger partial charge in [0.2, 0.25) is 5.91 Å². The first-order valence-corrected chi connectivity index (χ1v) is 9.50. The molecule has 1 saturated carbocycles. The largest absolute Gasteiger partial charge is 0.494 e. The van der Waals surface area contributed by atoms with Crippen LogP contribution in [-0.2, 0) is 4.79 Å². The zero-order chi connectivity index (χ0) is 19.1. The highest BCUT2D eigenvalue weighted by atomic mass is 35.5. The van der Waals surface area contributed by atoms with E-state index in [1.807, 2.05) is 20.8 Å². The van der Waals surface area contributed by atoms with E-state index in [4.69, 9.17) is 10.5 Å². The van der Waals surface area contributed by atoms with Gasteiger partial charge in [-0.15, -0.1) is 12.4 Å². The molecule has 1 aliphatic rings. The van der Waals surface area contributed by atoms with Crippen LogP contribution in [0.3, 0.4) is 0 Å². The lowest BCUT2D eigenvalue weighted by Crippen LogP contribution is -2.53. The van der Waals surface area contributed by atoms with Crippen LogP contribution in [0.5, 0.6) is 5.75 Å². The lowest BCUT2D eigenvalue weighted by atomic mass is 9.91. The molecule has 0 heterocycles. The molecule has 2 rings (SSSR count). The molecule has 1 fully saturated rings. The molecular formula is C20H32ClN3O3. The zero-order valence-corrected chi connectivity index (χ0v) is 17.2. The Bertz CT molecular complexity index is 599. The molecule has 0 spiro atoms. The molecule has 0 aliphatic heterocycles. The third-order valence-electron chi connectivity index (χ3n) is 4.78. The molecule has 4 N–H and O–H groups in total. The Labute approximate surface area is 168 Å². The lowest BCUT2D eigenvalue weighted by Gasteiger charge is -2.29. The van der Waals surface area contributed by atoms with Crippen LogP contribution in [-0.4, -0.2) is 36.5 Å². The van der Waals surface area contributed by atoms with Gasteiger partial charge in [0.15, 0.2) is 0 Å². The van der Waals surface area contributed by atoms with Crippen LogP contribution in [0.1, 0.15) is 56.8 Å². The second-order valence-electron chi connectivity index (χ2n) is 7.27. The van der Waals surface area contributed by atoms with Gasteiger partial charge in [-0.25, -0.2) is 0 Å².